The molecule has 64 valence electrons. The van der Waals surface area contributed by atoms with Crippen molar-refractivity contribution in [3.8, 4) is 0 Å². The van der Waals surface area contributed by atoms with Gasteiger partial charge in [0, 0.05) is 0 Å². The Morgan fingerprint density at radius 3 is 2.55 bits per heavy atom. The molecule has 0 aromatic rings. The van der Waals surface area contributed by atoms with Crippen molar-refractivity contribution in [2.75, 3.05) is 6.61 Å². The normalized spacial score (nSPS) is 21.6. The summed E-state index contributed by atoms with van der Waals surface area (Å²) in [6.45, 7) is 1.42. The fourth-order valence-electron chi connectivity index (χ4n) is 1.53. The molecule has 0 radical (unpaired) electrons. The van der Waals surface area contributed by atoms with Crippen LogP contribution in [0.15, 0.2) is 0 Å². The Morgan fingerprint density at radius 1 is 1.55 bits per heavy atom. The summed E-state index contributed by atoms with van der Waals surface area (Å²) >= 11 is 0. The third-order valence-corrected chi connectivity index (χ3v) is 2.15. The molecule has 0 aromatic carbocycles. The van der Waals surface area contributed by atoms with Crippen LogP contribution in [0, 0.1) is 0 Å². The van der Waals surface area contributed by atoms with Crippen LogP contribution in [0.2, 0.25) is 0 Å². The van der Waals surface area contributed by atoms with E-state index in [0.717, 1.165) is 25.7 Å². The topological polar surface area (TPSA) is 46.5 Å². The number of carbonyl (C=O) groups is 1. The largest absolute Gasteiger partial charge is 0.458 e. The lowest BCUT2D eigenvalue weighted by Crippen LogP contribution is -2.29. The summed E-state index contributed by atoms with van der Waals surface area (Å²) in [5.41, 5.74) is -0.292. The molecule has 3 heteroatoms. The van der Waals surface area contributed by atoms with E-state index >= 15 is 0 Å². The van der Waals surface area contributed by atoms with Gasteiger partial charge in [-0.2, -0.15) is 0 Å². The smallest absolute Gasteiger partial charge is 0.332 e. The minimum Gasteiger partial charge on any atom is -0.458 e. The van der Waals surface area contributed by atoms with Gasteiger partial charge in [0.05, 0.1) is 0 Å². The van der Waals surface area contributed by atoms with Gasteiger partial charge in [0.2, 0.25) is 0 Å². The standard InChI is InChI=1S/C8H14O3/c1-8(4-2-3-5-8)11-7(10)6-9/h9H,2-6H2,1H3. The second-order valence-corrected chi connectivity index (χ2v) is 3.29. The van der Waals surface area contributed by atoms with E-state index in [-0.39, 0.29) is 5.60 Å². The monoisotopic (exact) mass is 158 g/mol. The first kappa shape index (κ1) is 8.53. The zero-order valence-electron chi connectivity index (χ0n) is 6.80. The summed E-state index contributed by atoms with van der Waals surface area (Å²) in [5, 5.41) is 8.44. The van der Waals surface area contributed by atoms with Crippen molar-refractivity contribution in [3.63, 3.8) is 0 Å². The molecule has 1 aliphatic carbocycles. The number of aliphatic hydroxyl groups excluding tert-OH is 1. The van der Waals surface area contributed by atoms with Gasteiger partial charge in [0.25, 0.3) is 0 Å². The average molecular weight is 158 g/mol. The Hall–Kier alpha value is -0.570. The van der Waals surface area contributed by atoms with Gasteiger partial charge in [-0.1, -0.05) is 0 Å². The molecule has 1 saturated carbocycles. The highest BCUT2D eigenvalue weighted by Crippen LogP contribution is 2.32. The Labute approximate surface area is 66.4 Å². The van der Waals surface area contributed by atoms with Crippen molar-refractivity contribution >= 4 is 5.97 Å². The molecule has 0 bridgehead atoms. The molecule has 11 heavy (non-hydrogen) atoms. The SMILES string of the molecule is CC1(OC(=O)CO)CCCC1. The lowest BCUT2D eigenvalue weighted by Gasteiger charge is -2.23. The molecule has 1 N–H and O–H groups in total. The quantitative estimate of drug-likeness (QED) is 0.606. The van der Waals surface area contributed by atoms with Crippen LogP contribution in [0.1, 0.15) is 32.6 Å². The summed E-state index contributed by atoms with van der Waals surface area (Å²) in [5.74, 6) is -0.505. The third kappa shape index (κ3) is 2.19. The van der Waals surface area contributed by atoms with Crippen LogP contribution in [0.3, 0.4) is 0 Å². The molecule has 1 aliphatic rings. The fourth-order valence-corrected chi connectivity index (χ4v) is 1.53. The van der Waals surface area contributed by atoms with Crippen LogP contribution in [-0.2, 0) is 9.53 Å². The summed E-state index contributed by atoms with van der Waals surface area (Å²) in [6, 6.07) is 0. The molecular weight excluding hydrogens is 144 g/mol. The third-order valence-electron chi connectivity index (χ3n) is 2.15. The van der Waals surface area contributed by atoms with Crippen molar-refractivity contribution < 1.29 is 14.6 Å². The van der Waals surface area contributed by atoms with Crippen molar-refractivity contribution in [3.05, 3.63) is 0 Å². The molecule has 3 nitrogen and oxygen atoms in total. The van der Waals surface area contributed by atoms with Crippen molar-refractivity contribution in [1.29, 1.82) is 0 Å². The lowest BCUT2D eigenvalue weighted by atomic mass is 10.1. The van der Waals surface area contributed by atoms with Crippen LogP contribution in [0.5, 0.6) is 0 Å². The first-order valence-corrected chi connectivity index (χ1v) is 3.99. The minimum atomic E-state index is -0.505. The summed E-state index contributed by atoms with van der Waals surface area (Å²) in [6.07, 6.45) is 4.10. The zero-order chi connectivity index (χ0) is 8.32. The van der Waals surface area contributed by atoms with Gasteiger partial charge in [-0.25, -0.2) is 4.79 Å². The molecular formula is C8H14O3. The highest BCUT2D eigenvalue weighted by molar-refractivity contribution is 5.70. The van der Waals surface area contributed by atoms with E-state index in [4.69, 9.17) is 9.84 Å². The summed E-state index contributed by atoms with van der Waals surface area (Å²) < 4.78 is 5.06. The predicted molar refractivity (Wildman–Crippen MR) is 40.1 cm³/mol. The van der Waals surface area contributed by atoms with Crippen LogP contribution >= 0.6 is 0 Å². The number of ether oxygens (including phenoxy) is 1. The van der Waals surface area contributed by atoms with Gasteiger partial charge >= 0.3 is 5.97 Å². The van der Waals surface area contributed by atoms with Gasteiger partial charge in [-0.05, 0) is 32.6 Å². The molecule has 0 atom stereocenters. The number of hydrogen-bond acceptors (Lipinski definition) is 3. The first-order valence-electron chi connectivity index (χ1n) is 3.99. The number of aliphatic hydroxyl groups is 1. The van der Waals surface area contributed by atoms with Crippen LogP contribution < -0.4 is 0 Å². The first-order chi connectivity index (χ1) is 5.16. The average Bonchev–Trinajstić information content (AvgIpc) is 2.36. The maximum absolute atomic E-state index is 10.7. The highest BCUT2D eigenvalue weighted by Gasteiger charge is 2.32. The van der Waals surface area contributed by atoms with E-state index < -0.39 is 12.6 Å². The van der Waals surface area contributed by atoms with E-state index in [2.05, 4.69) is 0 Å². The highest BCUT2D eigenvalue weighted by atomic mass is 16.6. The van der Waals surface area contributed by atoms with E-state index in [0.29, 0.717) is 0 Å². The Kier molecular flexibility index (Phi) is 2.49. The van der Waals surface area contributed by atoms with E-state index in [1.165, 1.54) is 0 Å². The number of esters is 1. The van der Waals surface area contributed by atoms with Crippen LogP contribution in [0.25, 0.3) is 0 Å². The van der Waals surface area contributed by atoms with Gasteiger partial charge in [0.15, 0.2) is 0 Å². The van der Waals surface area contributed by atoms with E-state index in [1.807, 2.05) is 6.92 Å². The van der Waals surface area contributed by atoms with E-state index in [9.17, 15) is 4.79 Å². The van der Waals surface area contributed by atoms with Crippen LogP contribution in [-0.4, -0.2) is 23.3 Å². The number of hydrogen-bond donors (Lipinski definition) is 1. The van der Waals surface area contributed by atoms with Gasteiger partial charge in [0.1, 0.15) is 12.2 Å². The Bertz CT molecular complexity index is 147. The molecule has 0 aliphatic heterocycles. The van der Waals surface area contributed by atoms with E-state index in [1.54, 1.807) is 0 Å². The molecule has 0 unspecified atom stereocenters. The van der Waals surface area contributed by atoms with Crippen molar-refractivity contribution in [2.45, 2.75) is 38.2 Å². The molecule has 1 rings (SSSR count). The lowest BCUT2D eigenvalue weighted by molar-refractivity contribution is -0.160. The molecule has 0 heterocycles. The molecule has 0 spiro atoms. The van der Waals surface area contributed by atoms with Gasteiger partial charge in [-0.15, -0.1) is 0 Å². The maximum atomic E-state index is 10.7. The summed E-state index contributed by atoms with van der Waals surface area (Å²) in [4.78, 5) is 10.7. The molecule has 1 fully saturated rings. The van der Waals surface area contributed by atoms with Crippen LogP contribution in [0.4, 0.5) is 0 Å². The van der Waals surface area contributed by atoms with Gasteiger partial charge < -0.3 is 9.84 Å². The maximum Gasteiger partial charge on any atom is 0.332 e. The molecule has 0 saturated heterocycles. The Balaban J connectivity index is 2.39. The predicted octanol–water partition coefficient (Wildman–Crippen LogP) is 0.855. The second kappa shape index (κ2) is 3.22. The van der Waals surface area contributed by atoms with Crippen molar-refractivity contribution in [1.82, 2.24) is 0 Å². The minimum absolute atomic E-state index is 0.292. The number of carbonyl (C=O) groups excluding carboxylic acids is 1. The fraction of sp³-hybridized carbons (Fsp3) is 0.875. The molecule has 0 amide bonds. The molecule has 0 aromatic heterocycles. The summed E-state index contributed by atoms with van der Waals surface area (Å²) in [7, 11) is 0. The number of rotatable bonds is 2. The zero-order valence-corrected chi connectivity index (χ0v) is 6.80. The Morgan fingerprint density at radius 2 is 2.09 bits per heavy atom. The second-order valence-electron chi connectivity index (χ2n) is 3.29. The van der Waals surface area contributed by atoms with Gasteiger partial charge in [-0.3, -0.25) is 0 Å². The van der Waals surface area contributed by atoms with Crippen molar-refractivity contribution in [2.24, 2.45) is 0 Å².